The lowest BCUT2D eigenvalue weighted by molar-refractivity contribution is -0.254. The van der Waals surface area contributed by atoms with Gasteiger partial charge in [-0.05, 0) is 41.3 Å². The van der Waals surface area contributed by atoms with Gasteiger partial charge in [0.2, 0.25) is 0 Å². The van der Waals surface area contributed by atoms with E-state index in [-0.39, 0.29) is 23.3 Å². The molecular weight excluding hydrogens is 386 g/mol. The topological polar surface area (TPSA) is 78.5 Å². The maximum atomic E-state index is 12.0. The van der Waals surface area contributed by atoms with Crippen molar-refractivity contribution >= 4 is 33.5 Å². The average Bonchev–Trinajstić information content (AvgIpc) is 2.54. The van der Waals surface area contributed by atoms with Crippen molar-refractivity contribution < 1.29 is 19.4 Å². The second kappa shape index (κ2) is 7.70. The highest BCUT2D eigenvalue weighted by atomic mass is 79.9. The van der Waals surface area contributed by atoms with Crippen molar-refractivity contribution in [3.8, 4) is 5.75 Å². The lowest BCUT2D eigenvalue weighted by Crippen LogP contribution is -2.26. The number of anilines is 1. The highest BCUT2D eigenvalue weighted by molar-refractivity contribution is 9.10. The van der Waals surface area contributed by atoms with Crippen LogP contribution >= 0.6 is 15.9 Å². The number of halogens is 1. The van der Waals surface area contributed by atoms with E-state index in [9.17, 15) is 14.7 Å². The van der Waals surface area contributed by atoms with Gasteiger partial charge < -0.3 is 20.0 Å². The van der Waals surface area contributed by atoms with Crippen molar-refractivity contribution in [2.75, 3.05) is 11.9 Å². The Morgan fingerprint density at radius 1 is 1.12 bits per heavy atom. The third-order valence-electron chi connectivity index (χ3n) is 3.57. The first-order chi connectivity index (χ1) is 11.7. The molecule has 0 aliphatic heterocycles. The Morgan fingerprint density at radius 2 is 1.76 bits per heavy atom. The summed E-state index contributed by atoms with van der Waals surface area (Å²) in [6.45, 7) is 6.12. The Bertz CT molecular complexity index is 779. The van der Waals surface area contributed by atoms with Gasteiger partial charge in [-0.25, -0.2) is 0 Å². The lowest BCUT2D eigenvalue weighted by atomic mass is 9.87. The Kier molecular flexibility index (Phi) is 5.85. The van der Waals surface area contributed by atoms with Crippen molar-refractivity contribution in [2.45, 2.75) is 26.2 Å². The van der Waals surface area contributed by atoms with E-state index in [1.165, 1.54) is 12.1 Å². The van der Waals surface area contributed by atoms with Gasteiger partial charge in [0.1, 0.15) is 5.75 Å². The zero-order chi connectivity index (χ0) is 18.6. The average molecular weight is 405 g/mol. The summed E-state index contributed by atoms with van der Waals surface area (Å²) in [5, 5.41) is 13.7. The molecule has 0 saturated heterocycles. The molecule has 0 fully saturated rings. The zero-order valence-corrected chi connectivity index (χ0v) is 15.8. The number of hydrogen-bond donors (Lipinski definition) is 1. The van der Waals surface area contributed by atoms with Crippen LogP contribution in [-0.2, 0) is 10.2 Å². The predicted octanol–water partition coefficient (Wildman–Crippen LogP) is 3.13. The molecule has 2 rings (SSSR count). The molecule has 2 aromatic carbocycles. The second-order valence-electron chi connectivity index (χ2n) is 6.59. The number of benzene rings is 2. The number of nitrogens with one attached hydrogen (secondary N) is 1. The Hall–Kier alpha value is -2.34. The van der Waals surface area contributed by atoms with Gasteiger partial charge in [-0.2, -0.15) is 0 Å². The fourth-order valence-electron chi connectivity index (χ4n) is 2.18. The Balaban J connectivity index is 1.99. The van der Waals surface area contributed by atoms with Crippen LogP contribution in [-0.4, -0.2) is 18.5 Å². The fraction of sp³-hybridized carbons (Fsp3) is 0.263. The van der Waals surface area contributed by atoms with Gasteiger partial charge in [-0.1, -0.05) is 48.8 Å². The van der Waals surface area contributed by atoms with Crippen LogP contribution in [0.15, 0.2) is 46.9 Å². The van der Waals surface area contributed by atoms with Crippen LogP contribution in [0.1, 0.15) is 36.7 Å². The first-order valence-electron chi connectivity index (χ1n) is 7.71. The minimum atomic E-state index is -1.37. The van der Waals surface area contributed by atoms with Gasteiger partial charge in [-0.3, -0.25) is 4.79 Å². The molecular formula is C19H19BrNO4-. The smallest absolute Gasteiger partial charge is 0.262 e. The van der Waals surface area contributed by atoms with Crippen molar-refractivity contribution in [3.05, 3.63) is 58.1 Å². The molecule has 0 atom stereocenters. The molecule has 0 unspecified atom stereocenters. The molecule has 0 aromatic heterocycles. The van der Waals surface area contributed by atoms with Gasteiger partial charge in [0.05, 0.1) is 5.97 Å². The summed E-state index contributed by atoms with van der Waals surface area (Å²) < 4.78 is 6.03. The summed E-state index contributed by atoms with van der Waals surface area (Å²) in [4.78, 5) is 23.1. The fourth-order valence-corrected chi connectivity index (χ4v) is 2.54. The number of carboxylic acids is 1. The van der Waals surface area contributed by atoms with Crippen molar-refractivity contribution in [2.24, 2.45) is 0 Å². The van der Waals surface area contributed by atoms with Gasteiger partial charge in [-0.15, -0.1) is 0 Å². The van der Waals surface area contributed by atoms with Gasteiger partial charge in [0, 0.05) is 15.7 Å². The first-order valence-corrected chi connectivity index (χ1v) is 8.50. The van der Waals surface area contributed by atoms with Crippen LogP contribution in [0.25, 0.3) is 0 Å². The van der Waals surface area contributed by atoms with Crippen LogP contribution in [0.3, 0.4) is 0 Å². The molecule has 0 saturated carbocycles. The van der Waals surface area contributed by atoms with E-state index >= 15 is 0 Å². The third-order valence-corrected chi connectivity index (χ3v) is 4.06. The molecule has 6 heteroatoms. The number of amides is 1. The van der Waals surface area contributed by atoms with E-state index in [4.69, 9.17) is 4.74 Å². The van der Waals surface area contributed by atoms with E-state index in [0.717, 1.165) is 5.56 Å². The number of aromatic carboxylic acids is 1. The molecule has 0 bridgehead atoms. The maximum absolute atomic E-state index is 12.0. The Morgan fingerprint density at radius 3 is 2.32 bits per heavy atom. The number of hydrogen-bond acceptors (Lipinski definition) is 4. The van der Waals surface area contributed by atoms with Gasteiger partial charge >= 0.3 is 0 Å². The molecule has 0 spiro atoms. The van der Waals surface area contributed by atoms with E-state index in [0.29, 0.717) is 10.2 Å². The molecule has 132 valence electrons. The van der Waals surface area contributed by atoms with Crippen molar-refractivity contribution in [3.63, 3.8) is 0 Å². The second-order valence-corrected chi connectivity index (χ2v) is 7.50. The molecule has 0 heterocycles. The van der Waals surface area contributed by atoms with Gasteiger partial charge in [0.25, 0.3) is 5.91 Å². The largest absolute Gasteiger partial charge is 0.545 e. The molecule has 2 aromatic rings. The van der Waals surface area contributed by atoms with Crippen LogP contribution in [0.5, 0.6) is 5.75 Å². The number of rotatable bonds is 5. The summed E-state index contributed by atoms with van der Waals surface area (Å²) in [5.74, 6) is -1.25. The monoisotopic (exact) mass is 404 g/mol. The molecule has 25 heavy (non-hydrogen) atoms. The van der Waals surface area contributed by atoms with E-state index < -0.39 is 11.9 Å². The summed E-state index contributed by atoms with van der Waals surface area (Å²) in [7, 11) is 0. The highest BCUT2D eigenvalue weighted by Crippen LogP contribution is 2.24. The lowest BCUT2D eigenvalue weighted by Gasteiger charge is -2.19. The predicted molar refractivity (Wildman–Crippen MR) is 97.7 cm³/mol. The molecule has 0 aliphatic carbocycles. The van der Waals surface area contributed by atoms with E-state index in [2.05, 4.69) is 42.0 Å². The zero-order valence-electron chi connectivity index (χ0n) is 14.3. The quantitative estimate of drug-likeness (QED) is 0.829. The van der Waals surface area contributed by atoms with Crippen LogP contribution < -0.4 is 15.2 Å². The standard InChI is InChI=1S/C19H20BrNO4/c1-19(2,3)12-4-7-14(8-5-12)25-11-17(22)21-16-9-6-13(20)10-15(16)18(23)24/h4-10H,11H2,1-3H3,(H,21,22)(H,23,24)/p-1. The maximum Gasteiger partial charge on any atom is 0.262 e. The number of ether oxygens (including phenoxy) is 1. The number of carbonyl (C=O) groups is 2. The molecule has 0 aliphatic rings. The number of carbonyl (C=O) groups excluding carboxylic acids is 2. The van der Waals surface area contributed by atoms with E-state index in [1.807, 2.05) is 12.1 Å². The number of carboxylic acid groups (broad SMARTS) is 1. The molecule has 0 radical (unpaired) electrons. The van der Waals surface area contributed by atoms with Crippen LogP contribution in [0.2, 0.25) is 0 Å². The summed E-state index contributed by atoms with van der Waals surface area (Å²) in [5.41, 5.74) is 1.27. The molecule has 1 amide bonds. The summed E-state index contributed by atoms with van der Waals surface area (Å²) >= 11 is 3.18. The first kappa shape index (κ1) is 19.0. The highest BCUT2D eigenvalue weighted by Gasteiger charge is 2.13. The van der Waals surface area contributed by atoms with Crippen LogP contribution in [0.4, 0.5) is 5.69 Å². The molecule has 1 N–H and O–H groups in total. The normalized spacial score (nSPS) is 11.0. The SMILES string of the molecule is CC(C)(C)c1ccc(OCC(=O)Nc2ccc(Br)cc2C(=O)[O-])cc1. The molecule has 5 nitrogen and oxygen atoms in total. The van der Waals surface area contributed by atoms with Crippen molar-refractivity contribution in [1.29, 1.82) is 0 Å². The minimum Gasteiger partial charge on any atom is -0.545 e. The van der Waals surface area contributed by atoms with Gasteiger partial charge in [0.15, 0.2) is 6.61 Å². The minimum absolute atomic E-state index is 0.0404. The van der Waals surface area contributed by atoms with Crippen LogP contribution in [0, 0.1) is 0 Å². The third kappa shape index (κ3) is 5.32. The van der Waals surface area contributed by atoms with Crippen molar-refractivity contribution in [1.82, 2.24) is 0 Å². The summed E-state index contributed by atoms with van der Waals surface area (Å²) in [6.07, 6.45) is 0. The summed E-state index contributed by atoms with van der Waals surface area (Å²) in [6, 6.07) is 12.0. The Labute approximate surface area is 155 Å². The van der Waals surface area contributed by atoms with E-state index in [1.54, 1.807) is 18.2 Å².